The molecule has 0 aromatic carbocycles. The third kappa shape index (κ3) is 4.78. The Hall–Kier alpha value is 0.01000. The van der Waals surface area contributed by atoms with Gasteiger partial charge < -0.3 is 5.32 Å². The number of fused-ring (bicyclic) bond motifs is 1. The van der Waals surface area contributed by atoms with Gasteiger partial charge in [0, 0.05) is 21.5 Å². The Morgan fingerprint density at radius 1 is 1.30 bits per heavy atom. The molecule has 1 aliphatic heterocycles. The molecule has 1 aromatic heterocycles. The average molecular weight is 312 g/mol. The van der Waals surface area contributed by atoms with E-state index in [1.54, 1.807) is 15.3 Å². The molecule has 1 N–H and O–H groups in total. The molecule has 0 amide bonds. The molecule has 0 aliphatic carbocycles. The molecule has 0 fully saturated rings. The molecule has 1 aliphatic rings. The fraction of sp³-hybridized carbons (Fsp3) is 0.765. The smallest absolute Gasteiger partial charge is 0.0415 e. The number of hydrogen-bond acceptors (Lipinski definition) is 3. The summed E-state index contributed by atoms with van der Waals surface area (Å²) in [5.41, 5.74) is 1.62. The SMILES string of the molecule is CCCNC(CCCC(C)C)c1cc2c(s1)CCSC2. The zero-order valence-electron chi connectivity index (χ0n) is 13.2. The lowest BCUT2D eigenvalue weighted by Gasteiger charge is -2.17. The van der Waals surface area contributed by atoms with Crippen molar-refractivity contribution >= 4 is 23.1 Å². The summed E-state index contributed by atoms with van der Waals surface area (Å²) in [6, 6.07) is 3.09. The molecular weight excluding hydrogens is 282 g/mol. The van der Waals surface area contributed by atoms with Gasteiger partial charge in [0.1, 0.15) is 0 Å². The highest BCUT2D eigenvalue weighted by Gasteiger charge is 2.19. The number of thioether (sulfide) groups is 1. The van der Waals surface area contributed by atoms with Crippen molar-refractivity contribution < 1.29 is 0 Å². The van der Waals surface area contributed by atoms with Crippen LogP contribution in [0.15, 0.2) is 6.07 Å². The normalized spacial score (nSPS) is 16.4. The van der Waals surface area contributed by atoms with Crippen molar-refractivity contribution in [3.05, 3.63) is 21.4 Å². The maximum absolute atomic E-state index is 3.77. The second-order valence-electron chi connectivity index (χ2n) is 6.23. The standard InChI is InChI=1S/C17H29NS2/c1-4-9-18-15(7-5-6-13(2)3)17-11-14-12-19-10-8-16(14)20-17/h11,13,15,18H,4-10,12H2,1-3H3. The molecule has 0 spiro atoms. The Labute approximate surface area is 132 Å². The molecule has 0 saturated heterocycles. The first-order valence-corrected chi connectivity index (χ1v) is 10.1. The van der Waals surface area contributed by atoms with Crippen molar-refractivity contribution in [1.82, 2.24) is 5.32 Å². The van der Waals surface area contributed by atoms with Crippen molar-refractivity contribution in [3.8, 4) is 0 Å². The summed E-state index contributed by atoms with van der Waals surface area (Å²) in [5, 5.41) is 3.77. The van der Waals surface area contributed by atoms with E-state index in [4.69, 9.17) is 0 Å². The lowest BCUT2D eigenvalue weighted by atomic mass is 10.0. The van der Waals surface area contributed by atoms with E-state index in [1.165, 1.54) is 43.6 Å². The van der Waals surface area contributed by atoms with E-state index in [-0.39, 0.29) is 0 Å². The minimum absolute atomic E-state index is 0.592. The van der Waals surface area contributed by atoms with E-state index in [9.17, 15) is 0 Å². The Kier molecular flexibility index (Phi) is 6.92. The van der Waals surface area contributed by atoms with Gasteiger partial charge in [0.15, 0.2) is 0 Å². The topological polar surface area (TPSA) is 12.0 Å². The van der Waals surface area contributed by atoms with Crippen LogP contribution >= 0.6 is 23.1 Å². The van der Waals surface area contributed by atoms with Crippen LogP contribution in [0, 0.1) is 5.92 Å². The number of thiophene rings is 1. The second kappa shape index (κ2) is 8.45. The highest BCUT2D eigenvalue weighted by atomic mass is 32.2. The maximum atomic E-state index is 3.77. The van der Waals surface area contributed by atoms with Crippen LogP contribution < -0.4 is 5.32 Å². The third-order valence-corrected chi connectivity index (χ3v) is 6.26. The van der Waals surface area contributed by atoms with Gasteiger partial charge in [0.05, 0.1) is 0 Å². The molecule has 3 heteroatoms. The van der Waals surface area contributed by atoms with Gasteiger partial charge >= 0.3 is 0 Å². The fourth-order valence-corrected chi connectivity index (χ4v) is 5.22. The van der Waals surface area contributed by atoms with Crippen LogP contribution in [0.3, 0.4) is 0 Å². The molecule has 2 heterocycles. The number of nitrogens with one attached hydrogen (secondary N) is 1. The first-order chi connectivity index (χ1) is 9.70. The molecule has 1 nitrogen and oxygen atoms in total. The van der Waals surface area contributed by atoms with E-state index in [1.807, 2.05) is 0 Å². The van der Waals surface area contributed by atoms with Crippen molar-refractivity contribution in [2.75, 3.05) is 12.3 Å². The Bertz CT molecular complexity index is 374. The number of aryl methyl sites for hydroxylation is 1. The van der Waals surface area contributed by atoms with Crippen LogP contribution in [0.1, 0.15) is 67.8 Å². The largest absolute Gasteiger partial charge is 0.309 e. The van der Waals surface area contributed by atoms with Crippen LogP contribution in [0.4, 0.5) is 0 Å². The summed E-state index contributed by atoms with van der Waals surface area (Å²) in [6.45, 7) is 8.06. The molecule has 2 rings (SSSR count). The van der Waals surface area contributed by atoms with Crippen molar-refractivity contribution in [2.24, 2.45) is 5.92 Å². The molecule has 1 aromatic rings. The summed E-state index contributed by atoms with van der Waals surface area (Å²) in [6.07, 6.45) is 6.51. The quantitative estimate of drug-likeness (QED) is 0.689. The van der Waals surface area contributed by atoms with E-state index in [2.05, 4.69) is 55.3 Å². The van der Waals surface area contributed by atoms with Gasteiger partial charge in [-0.15, -0.1) is 11.3 Å². The van der Waals surface area contributed by atoms with Crippen LogP contribution in [-0.2, 0) is 12.2 Å². The fourth-order valence-electron chi connectivity index (χ4n) is 2.74. The van der Waals surface area contributed by atoms with Gasteiger partial charge in [-0.05, 0) is 49.1 Å². The van der Waals surface area contributed by atoms with Crippen LogP contribution in [0.5, 0.6) is 0 Å². The summed E-state index contributed by atoms with van der Waals surface area (Å²) in [7, 11) is 0. The van der Waals surface area contributed by atoms with Gasteiger partial charge in [-0.2, -0.15) is 11.8 Å². The van der Waals surface area contributed by atoms with Crippen LogP contribution in [0.25, 0.3) is 0 Å². The Morgan fingerprint density at radius 3 is 2.85 bits per heavy atom. The molecule has 1 unspecified atom stereocenters. The molecule has 0 saturated carbocycles. The predicted molar refractivity (Wildman–Crippen MR) is 93.9 cm³/mol. The predicted octanol–water partition coefficient (Wildman–Crippen LogP) is 5.40. The van der Waals surface area contributed by atoms with Gasteiger partial charge in [0.25, 0.3) is 0 Å². The van der Waals surface area contributed by atoms with Gasteiger partial charge in [-0.1, -0.05) is 33.6 Å². The molecule has 114 valence electrons. The van der Waals surface area contributed by atoms with Gasteiger partial charge in [-0.3, -0.25) is 0 Å². The zero-order valence-corrected chi connectivity index (χ0v) is 14.8. The molecule has 0 bridgehead atoms. The maximum Gasteiger partial charge on any atom is 0.0415 e. The average Bonchev–Trinajstić information content (AvgIpc) is 2.85. The molecule has 20 heavy (non-hydrogen) atoms. The van der Waals surface area contributed by atoms with Crippen LogP contribution in [0.2, 0.25) is 0 Å². The minimum Gasteiger partial charge on any atom is -0.309 e. The Balaban J connectivity index is 1.99. The van der Waals surface area contributed by atoms with Gasteiger partial charge in [-0.25, -0.2) is 0 Å². The van der Waals surface area contributed by atoms with E-state index in [0.29, 0.717) is 6.04 Å². The first kappa shape index (κ1) is 16.4. The van der Waals surface area contributed by atoms with Gasteiger partial charge in [0.2, 0.25) is 0 Å². The Morgan fingerprint density at radius 2 is 2.15 bits per heavy atom. The number of rotatable bonds is 8. The summed E-state index contributed by atoms with van der Waals surface area (Å²) < 4.78 is 0. The molecule has 0 radical (unpaired) electrons. The lowest BCUT2D eigenvalue weighted by Crippen LogP contribution is -2.21. The summed E-state index contributed by atoms with van der Waals surface area (Å²) in [5.74, 6) is 3.38. The summed E-state index contributed by atoms with van der Waals surface area (Å²) in [4.78, 5) is 3.25. The monoisotopic (exact) mass is 311 g/mol. The van der Waals surface area contributed by atoms with Crippen molar-refractivity contribution in [1.29, 1.82) is 0 Å². The highest BCUT2D eigenvalue weighted by molar-refractivity contribution is 7.98. The van der Waals surface area contributed by atoms with E-state index < -0.39 is 0 Å². The summed E-state index contributed by atoms with van der Waals surface area (Å²) >= 11 is 4.17. The van der Waals surface area contributed by atoms with Crippen molar-refractivity contribution in [3.63, 3.8) is 0 Å². The van der Waals surface area contributed by atoms with Crippen LogP contribution in [-0.4, -0.2) is 12.3 Å². The van der Waals surface area contributed by atoms with E-state index >= 15 is 0 Å². The molecule has 1 atom stereocenters. The zero-order chi connectivity index (χ0) is 14.4. The third-order valence-electron chi connectivity index (χ3n) is 3.91. The second-order valence-corrected chi connectivity index (χ2v) is 8.50. The van der Waals surface area contributed by atoms with E-state index in [0.717, 1.165) is 12.5 Å². The lowest BCUT2D eigenvalue weighted by molar-refractivity contribution is 0.452. The minimum atomic E-state index is 0.592. The molecular formula is C17H29NS2. The van der Waals surface area contributed by atoms with Crippen molar-refractivity contribution in [2.45, 2.75) is 64.7 Å². The highest BCUT2D eigenvalue weighted by Crippen LogP contribution is 2.36. The number of hydrogen-bond donors (Lipinski definition) is 1. The first-order valence-electron chi connectivity index (χ1n) is 8.13.